The highest BCUT2D eigenvalue weighted by Crippen LogP contribution is 2.55. The van der Waals surface area contributed by atoms with Gasteiger partial charge in [0.25, 0.3) is 0 Å². The average molecular weight is 976 g/mol. The van der Waals surface area contributed by atoms with E-state index in [-0.39, 0.29) is 10.8 Å². The van der Waals surface area contributed by atoms with E-state index in [1.807, 2.05) is 0 Å². The minimum absolute atomic E-state index is 0.196. The molecule has 2 heterocycles. The van der Waals surface area contributed by atoms with Crippen LogP contribution in [-0.4, -0.2) is 4.57 Å². The maximum atomic E-state index is 7.73. The van der Waals surface area contributed by atoms with Crippen molar-refractivity contribution in [1.29, 1.82) is 0 Å². The van der Waals surface area contributed by atoms with E-state index in [4.69, 9.17) is 4.42 Å². The van der Waals surface area contributed by atoms with Gasteiger partial charge in [-0.1, -0.05) is 198 Å². The Bertz CT molecular complexity index is 4470. The van der Waals surface area contributed by atoms with Gasteiger partial charge < -0.3 is 8.98 Å². The standard InChI is InChI=1S/C72H53N3O/c1-71(2)62-34-20-18-30-54(62)56-39-37-50(43-64(56)71)73(47-22-8-5-9-23-47)67-45-60(70(76-67)74(48-24-10-6-11-25-48)51-38-40-57-55-31-19-21-35-63(55)72(3,4)65(57)44-51)46-36-41-66-61(42-46)68-58-32-16-14-28-52(58)53-29-15-17-33-59(53)69(68)75(66)49-26-12-7-13-27-49/h5-45H,1-4H3. The third-order valence-electron chi connectivity index (χ3n) is 16.8. The largest absolute Gasteiger partial charge is 0.423 e. The second-order valence-corrected chi connectivity index (χ2v) is 21.7. The number of hydrogen-bond acceptors (Lipinski definition) is 3. The van der Waals surface area contributed by atoms with Crippen LogP contribution in [0, 0.1) is 0 Å². The zero-order chi connectivity index (χ0) is 50.9. The summed E-state index contributed by atoms with van der Waals surface area (Å²) in [6, 6.07) is 91.1. The quantitative estimate of drug-likeness (QED) is 0.142. The number of nitrogens with zero attached hydrogens (tertiary/aromatic N) is 3. The monoisotopic (exact) mass is 975 g/mol. The Morgan fingerprint density at radius 3 is 1.42 bits per heavy atom. The molecule has 0 fully saturated rings. The van der Waals surface area contributed by atoms with Gasteiger partial charge in [-0.3, -0.25) is 9.80 Å². The van der Waals surface area contributed by atoms with Crippen molar-refractivity contribution in [2.45, 2.75) is 38.5 Å². The fourth-order valence-corrected chi connectivity index (χ4v) is 13.1. The molecule has 4 nitrogen and oxygen atoms in total. The fraction of sp³-hybridized carbons (Fsp3) is 0.0833. The van der Waals surface area contributed by atoms with Crippen LogP contribution < -0.4 is 9.80 Å². The number of hydrogen-bond donors (Lipinski definition) is 0. The van der Waals surface area contributed by atoms with Gasteiger partial charge >= 0.3 is 0 Å². The maximum Gasteiger partial charge on any atom is 0.215 e. The van der Waals surface area contributed by atoms with E-state index in [9.17, 15) is 0 Å². The SMILES string of the molecule is CC1(C)c2ccccc2-c2ccc(N(c3ccccc3)c3cc(-c4ccc5c(c4)c4c6ccccc6c6ccccc6c4n5-c4ccccc4)c(N(c4ccccc4)c4ccc5c(c4)C(C)(C)c4ccccc4-5)o3)cc21. The molecule has 11 aromatic carbocycles. The molecule has 0 atom stereocenters. The van der Waals surface area contributed by atoms with E-state index < -0.39 is 0 Å². The first-order valence-electron chi connectivity index (χ1n) is 26.5. The molecule has 13 aromatic rings. The molecule has 15 rings (SSSR count). The van der Waals surface area contributed by atoms with Crippen molar-refractivity contribution in [1.82, 2.24) is 4.57 Å². The van der Waals surface area contributed by atoms with Gasteiger partial charge in [-0.2, -0.15) is 0 Å². The molecular formula is C72H53N3O. The maximum absolute atomic E-state index is 7.73. The Balaban J connectivity index is 1.02. The summed E-state index contributed by atoms with van der Waals surface area (Å²) >= 11 is 0. The van der Waals surface area contributed by atoms with Crippen LogP contribution in [0.2, 0.25) is 0 Å². The van der Waals surface area contributed by atoms with Crippen molar-refractivity contribution >= 4 is 77.9 Å². The normalized spacial score (nSPS) is 13.7. The molecule has 2 aromatic heterocycles. The number of aromatic nitrogens is 1. The number of para-hydroxylation sites is 3. The highest BCUT2D eigenvalue weighted by Gasteiger charge is 2.38. The van der Waals surface area contributed by atoms with Crippen LogP contribution in [0.25, 0.3) is 82.4 Å². The molecule has 0 N–H and O–H groups in total. The lowest BCUT2D eigenvalue weighted by molar-refractivity contribution is 0.580. The first-order chi connectivity index (χ1) is 37.2. The summed E-state index contributed by atoms with van der Waals surface area (Å²) in [5.74, 6) is 1.44. The summed E-state index contributed by atoms with van der Waals surface area (Å²) in [5, 5.41) is 7.34. The molecule has 0 amide bonds. The molecular weight excluding hydrogens is 923 g/mol. The molecule has 2 aliphatic carbocycles. The van der Waals surface area contributed by atoms with Crippen LogP contribution in [0.5, 0.6) is 0 Å². The summed E-state index contributed by atoms with van der Waals surface area (Å²) in [6.45, 7) is 9.41. The second kappa shape index (κ2) is 16.6. The lowest BCUT2D eigenvalue weighted by Crippen LogP contribution is -2.17. The third-order valence-corrected chi connectivity index (χ3v) is 16.8. The molecule has 0 saturated heterocycles. The van der Waals surface area contributed by atoms with Crippen LogP contribution in [0.15, 0.2) is 253 Å². The minimum atomic E-state index is -0.211. The highest BCUT2D eigenvalue weighted by atomic mass is 16.4. The van der Waals surface area contributed by atoms with Gasteiger partial charge in [0, 0.05) is 67.1 Å². The lowest BCUT2D eigenvalue weighted by atomic mass is 9.82. The first kappa shape index (κ1) is 44.1. The third kappa shape index (κ3) is 6.43. The Morgan fingerprint density at radius 1 is 0.342 bits per heavy atom. The fourth-order valence-electron chi connectivity index (χ4n) is 13.1. The number of fused-ring (bicyclic) bond motifs is 14. The molecule has 0 spiro atoms. The Hall–Kier alpha value is -9.38. The average Bonchev–Trinajstić information content (AvgIpc) is 4.20. The summed E-state index contributed by atoms with van der Waals surface area (Å²) in [4.78, 5) is 4.64. The van der Waals surface area contributed by atoms with Crippen molar-refractivity contribution < 1.29 is 4.42 Å². The molecule has 0 aliphatic heterocycles. The van der Waals surface area contributed by atoms with E-state index in [0.29, 0.717) is 5.88 Å². The second-order valence-electron chi connectivity index (χ2n) is 21.7. The molecule has 0 radical (unpaired) electrons. The van der Waals surface area contributed by atoms with Crippen molar-refractivity contribution in [3.63, 3.8) is 0 Å². The van der Waals surface area contributed by atoms with Crippen molar-refractivity contribution in [2.75, 3.05) is 9.80 Å². The number of benzene rings is 11. The predicted octanol–water partition coefficient (Wildman–Crippen LogP) is 19.9. The molecule has 4 heteroatoms. The topological polar surface area (TPSA) is 24.6 Å². The van der Waals surface area contributed by atoms with Crippen molar-refractivity contribution in [2.24, 2.45) is 0 Å². The van der Waals surface area contributed by atoms with Crippen LogP contribution in [0.4, 0.5) is 34.5 Å². The Morgan fingerprint density at radius 2 is 0.816 bits per heavy atom. The summed E-state index contributed by atoms with van der Waals surface area (Å²) < 4.78 is 10.2. The molecule has 0 bridgehead atoms. The number of anilines is 6. The van der Waals surface area contributed by atoms with E-state index in [2.05, 4.69) is 291 Å². The first-order valence-corrected chi connectivity index (χ1v) is 26.5. The van der Waals surface area contributed by atoms with E-state index >= 15 is 0 Å². The van der Waals surface area contributed by atoms with Gasteiger partial charge in [0.15, 0.2) is 0 Å². The van der Waals surface area contributed by atoms with E-state index in [0.717, 1.165) is 51.0 Å². The summed E-state index contributed by atoms with van der Waals surface area (Å²) in [6.07, 6.45) is 0. The van der Waals surface area contributed by atoms with Gasteiger partial charge in [-0.15, -0.1) is 0 Å². The Labute approximate surface area is 443 Å². The summed E-state index contributed by atoms with van der Waals surface area (Å²) in [5.41, 5.74) is 19.6. The van der Waals surface area contributed by atoms with Crippen LogP contribution in [-0.2, 0) is 10.8 Å². The molecule has 362 valence electrons. The van der Waals surface area contributed by atoms with Gasteiger partial charge in [-0.25, -0.2) is 0 Å². The minimum Gasteiger partial charge on any atom is -0.423 e. The summed E-state index contributed by atoms with van der Waals surface area (Å²) in [7, 11) is 0. The van der Waals surface area contributed by atoms with E-state index in [1.54, 1.807) is 0 Å². The number of furan rings is 1. The van der Waals surface area contributed by atoms with Crippen LogP contribution in [0.3, 0.4) is 0 Å². The molecule has 76 heavy (non-hydrogen) atoms. The van der Waals surface area contributed by atoms with Crippen molar-refractivity contribution in [3.05, 3.63) is 271 Å². The molecule has 2 aliphatic rings. The van der Waals surface area contributed by atoms with Crippen molar-refractivity contribution in [3.8, 4) is 39.1 Å². The lowest BCUT2D eigenvalue weighted by Gasteiger charge is -2.28. The number of rotatable bonds is 8. The smallest absolute Gasteiger partial charge is 0.215 e. The van der Waals surface area contributed by atoms with Crippen LogP contribution >= 0.6 is 0 Å². The zero-order valence-electron chi connectivity index (χ0n) is 42.9. The highest BCUT2D eigenvalue weighted by molar-refractivity contribution is 6.32. The van der Waals surface area contributed by atoms with Crippen LogP contribution in [0.1, 0.15) is 49.9 Å². The van der Waals surface area contributed by atoms with Gasteiger partial charge in [-0.05, 0) is 139 Å². The molecule has 0 saturated carbocycles. The van der Waals surface area contributed by atoms with E-state index in [1.165, 1.54) is 82.3 Å². The predicted molar refractivity (Wildman–Crippen MR) is 318 cm³/mol. The Kier molecular flexibility index (Phi) is 9.62. The zero-order valence-corrected chi connectivity index (χ0v) is 42.9. The van der Waals surface area contributed by atoms with Gasteiger partial charge in [0.1, 0.15) is 0 Å². The van der Waals surface area contributed by atoms with Gasteiger partial charge in [0.05, 0.1) is 11.0 Å². The van der Waals surface area contributed by atoms with Gasteiger partial charge in [0.2, 0.25) is 11.8 Å². The molecule has 0 unspecified atom stereocenters.